The number of carbonyl (C=O) groups is 1. The average Bonchev–Trinajstić information content (AvgIpc) is 2.67. The smallest absolute Gasteiger partial charge is 0.225 e. The van der Waals surface area contributed by atoms with Gasteiger partial charge in [-0.25, -0.2) is 0 Å². The maximum Gasteiger partial charge on any atom is 0.225 e. The van der Waals surface area contributed by atoms with Crippen molar-refractivity contribution in [1.82, 2.24) is 4.90 Å². The highest BCUT2D eigenvalue weighted by atomic mass is 35.5. The first-order valence-corrected chi connectivity index (χ1v) is 10.0. The van der Waals surface area contributed by atoms with E-state index in [1.165, 1.54) is 11.3 Å². The van der Waals surface area contributed by atoms with Gasteiger partial charge in [-0.15, -0.1) is 0 Å². The summed E-state index contributed by atoms with van der Waals surface area (Å²) in [5.74, 6) is 0.574. The minimum atomic E-state index is 0.0737. The standard InChI is InChI=1S/C22H28ClN3O/c1-17(2)18-6-8-20(9-7-18)24-22(27)10-11-25-12-14-26(15-13-25)21-5-3-4-19(23)16-21/h3-9,16-17H,10-15H2,1-2H3,(H,24,27). The number of nitrogens with zero attached hydrogens (tertiary/aromatic N) is 2. The van der Waals surface area contributed by atoms with E-state index in [4.69, 9.17) is 11.6 Å². The van der Waals surface area contributed by atoms with Crippen LogP contribution in [0.3, 0.4) is 0 Å². The molecular formula is C22H28ClN3O. The number of piperazine rings is 1. The molecule has 1 fully saturated rings. The second-order valence-electron chi connectivity index (χ2n) is 7.38. The largest absolute Gasteiger partial charge is 0.369 e. The summed E-state index contributed by atoms with van der Waals surface area (Å²) in [7, 11) is 0. The van der Waals surface area contributed by atoms with Crippen molar-refractivity contribution in [2.75, 3.05) is 42.9 Å². The predicted molar refractivity (Wildman–Crippen MR) is 114 cm³/mol. The molecule has 27 heavy (non-hydrogen) atoms. The lowest BCUT2D eigenvalue weighted by Gasteiger charge is -2.36. The molecule has 5 heteroatoms. The molecule has 1 amide bonds. The fourth-order valence-electron chi connectivity index (χ4n) is 3.34. The molecule has 0 aromatic heterocycles. The molecule has 0 bridgehead atoms. The Morgan fingerprint density at radius 2 is 1.78 bits per heavy atom. The minimum absolute atomic E-state index is 0.0737. The van der Waals surface area contributed by atoms with Crippen molar-refractivity contribution in [3.05, 3.63) is 59.1 Å². The Labute approximate surface area is 167 Å². The van der Waals surface area contributed by atoms with Crippen LogP contribution in [-0.4, -0.2) is 43.5 Å². The summed E-state index contributed by atoms with van der Waals surface area (Å²) < 4.78 is 0. The van der Waals surface area contributed by atoms with Gasteiger partial charge >= 0.3 is 0 Å². The summed E-state index contributed by atoms with van der Waals surface area (Å²) in [5.41, 5.74) is 3.32. The average molecular weight is 386 g/mol. The first-order valence-electron chi connectivity index (χ1n) is 9.64. The number of nitrogens with one attached hydrogen (secondary N) is 1. The summed E-state index contributed by atoms with van der Waals surface area (Å²) in [5, 5.41) is 3.77. The predicted octanol–water partition coefficient (Wildman–Crippen LogP) is 4.61. The van der Waals surface area contributed by atoms with Gasteiger partial charge in [0.1, 0.15) is 0 Å². The quantitative estimate of drug-likeness (QED) is 0.788. The monoisotopic (exact) mass is 385 g/mol. The second-order valence-corrected chi connectivity index (χ2v) is 7.82. The molecule has 2 aromatic carbocycles. The normalized spacial score (nSPS) is 15.2. The Bertz CT molecular complexity index is 752. The SMILES string of the molecule is CC(C)c1ccc(NC(=O)CCN2CCN(c3cccc(Cl)c3)CC2)cc1. The van der Waals surface area contributed by atoms with Crippen LogP contribution < -0.4 is 10.2 Å². The van der Waals surface area contributed by atoms with Crippen LogP contribution in [0.4, 0.5) is 11.4 Å². The maximum absolute atomic E-state index is 12.2. The lowest BCUT2D eigenvalue weighted by molar-refractivity contribution is -0.116. The van der Waals surface area contributed by atoms with Gasteiger partial charge in [-0.05, 0) is 41.8 Å². The van der Waals surface area contributed by atoms with Crippen LogP contribution in [0.15, 0.2) is 48.5 Å². The van der Waals surface area contributed by atoms with E-state index in [9.17, 15) is 4.79 Å². The van der Waals surface area contributed by atoms with E-state index < -0.39 is 0 Å². The van der Waals surface area contributed by atoms with Gasteiger partial charge in [0.05, 0.1) is 0 Å². The lowest BCUT2D eigenvalue weighted by atomic mass is 10.0. The fourth-order valence-corrected chi connectivity index (χ4v) is 3.52. The van der Waals surface area contributed by atoms with Gasteiger partial charge in [-0.3, -0.25) is 9.69 Å². The molecule has 0 aliphatic carbocycles. The zero-order chi connectivity index (χ0) is 19.2. The first kappa shape index (κ1) is 19.7. The number of benzene rings is 2. The van der Waals surface area contributed by atoms with Crippen molar-refractivity contribution in [2.45, 2.75) is 26.2 Å². The van der Waals surface area contributed by atoms with Gasteiger partial charge in [0.25, 0.3) is 0 Å². The summed E-state index contributed by atoms with van der Waals surface area (Å²) >= 11 is 6.09. The maximum atomic E-state index is 12.2. The minimum Gasteiger partial charge on any atom is -0.369 e. The van der Waals surface area contributed by atoms with Crippen LogP contribution in [-0.2, 0) is 4.79 Å². The molecule has 0 atom stereocenters. The number of carbonyl (C=O) groups excluding carboxylic acids is 1. The molecule has 1 aliphatic heterocycles. The van der Waals surface area contributed by atoms with Crippen LogP contribution in [0, 0.1) is 0 Å². The van der Waals surface area contributed by atoms with Gasteiger partial charge in [0, 0.05) is 55.5 Å². The number of hydrogen-bond acceptors (Lipinski definition) is 3. The van der Waals surface area contributed by atoms with Crippen molar-refractivity contribution in [2.24, 2.45) is 0 Å². The molecular weight excluding hydrogens is 358 g/mol. The van der Waals surface area contributed by atoms with Crippen molar-refractivity contribution in [3.8, 4) is 0 Å². The van der Waals surface area contributed by atoms with E-state index in [1.807, 2.05) is 30.3 Å². The Morgan fingerprint density at radius 1 is 1.07 bits per heavy atom. The highest BCUT2D eigenvalue weighted by Gasteiger charge is 2.18. The topological polar surface area (TPSA) is 35.6 Å². The van der Waals surface area contributed by atoms with Crippen molar-refractivity contribution in [1.29, 1.82) is 0 Å². The van der Waals surface area contributed by atoms with Crippen LogP contribution in [0.2, 0.25) is 5.02 Å². The summed E-state index contributed by atoms with van der Waals surface area (Å²) in [6.45, 7) is 8.96. The number of amides is 1. The van der Waals surface area contributed by atoms with Crippen molar-refractivity contribution >= 4 is 28.9 Å². The van der Waals surface area contributed by atoms with E-state index in [0.29, 0.717) is 12.3 Å². The van der Waals surface area contributed by atoms with E-state index in [0.717, 1.165) is 43.4 Å². The molecule has 144 valence electrons. The molecule has 4 nitrogen and oxygen atoms in total. The Kier molecular flexibility index (Phi) is 6.75. The molecule has 2 aromatic rings. The number of halogens is 1. The molecule has 3 rings (SSSR count). The molecule has 1 aliphatic rings. The Balaban J connectivity index is 1.41. The zero-order valence-corrected chi connectivity index (χ0v) is 16.9. The fraction of sp³-hybridized carbons (Fsp3) is 0.409. The molecule has 0 radical (unpaired) electrons. The summed E-state index contributed by atoms with van der Waals surface area (Å²) in [6.07, 6.45) is 0.517. The van der Waals surface area contributed by atoms with E-state index in [-0.39, 0.29) is 5.91 Å². The van der Waals surface area contributed by atoms with Gasteiger partial charge in [0.15, 0.2) is 0 Å². The third-order valence-electron chi connectivity index (χ3n) is 5.06. The van der Waals surface area contributed by atoms with Gasteiger partial charge < -0.3 is 10.2 Å². The van der Waals surface area contributed by atoms with E-state index in [1.54, 1.807) is 0 Å². The molecule has 1 heterocycles. The third-order valence-corrected chi connectivity index (χ3v) is 5.30. The molecule has 0 unspecified atom stereocenters. The number of anilines is 2. The summed E-state index contributed by atoms with van der Waals surface area (Å²) in [6, 6.07) is 16.1. The van der Waals surface area contributed by atoms with Crippen molar-refractivity contribution in [3.63, 3.8) is 0 Å². The first-order chi connectivity index (χ1) is 13.0. The number of rotatable bonds is 6. The van der Waals surface area contributed by atoms with Gasteiger partial charge in [-0.2, -0.15) is 0 Å². The van der Waals surface area contributed by atoms with E-state index >= 15 is 0 Å². The highest BCUT2D eigenvalue weighted by Crippen LogP contribution is 2.21. The zero-order valence-electron chi connectivity index (χ0n) is 16.1. The summed E-state index contributed by atoms with van der Waals surface area (Å²) in [4.78, 5) is 16.9. The Morgan fingerprint density at radius 3 is 2.41 bits per heavy atom. The second kappa shape index (κ2) is 9.25. The lowest BCUT2D eigenvalue weighted by Crippen LogP contribution is -2.47. The van der Waals surface area contributed by atoms with Crippen LogP contribution in [0.5, 0.6) is 0 Å². The molecule has 0 saturated carbocycles. The molecule has 1 N–H and O–H groups in total. The molecule has 1 saturated heterocycles. The van der Waals surface area contributed by atoms with Gasteiger partial charge in [-0.1, -0.05) is 43.6 Å². The van der Waals surface area contributed by atoms with Gasteiger partial charge in [0.2, 0.25) is 5.91 Å². The van der Waals surface area contributed by atoms with Crippen LogP contribution in [0.25, 0.3) is 0 Å². The van der Waals surface area contributed by atoms with E-state index in [2.05, 4.69) is 47.2 Å². The Hall–Kier alpha value is -2.04. The molecule has 0 spiro atoms. The van der Waals surface area contributed by atoms with Crippen LogP contribution in [0.1, 0.15) is 31.7 Å². The third kappa shape index (κ3) is 5.72. The number of hydrogen-bond donors (Lipinski definition) is 1. The van der Waals surface area contributed by atoms with Crippen molar-refractivity contribution < 1.29 is 4.79 Å². The highest BCUT2D eigenvalue weighted by molar-refractivity contribution is 6.30. The van der Waals surface area contributed by atoms with Crippen LogP contribution >= 0.6 is 11.6 Å².